The standard InChI is InChI=1S/C16H24N2O5S/c1-15(2,3)23-14(22)17-7-4-6-16(17)9-11-18(13(16)21)10(12(19)20)5-8-24-11/h10-11H,4-9H2,1-3H3,(H,19,20). The second-order valence-corrected chi connectivity index (χ2v) is 8.94. The number of nitrogens with zero attached hydrogens (tertiary/aromatic N) is 2. The average Bonchev–Trinajstić information content (AvgIpc) is 3.00. The van der Waals surface area contributed by atoms with Gasteiger partial charge in [-0.05, 0) is 45.8 Å². The van der Waals surface area contributed by atoms with E-state index in [9.17, 15) is 19.5 Å². The predicted molar refractivity (Wildman–Crippen MR) is 88.7 cm³/mol. The molecule has 0 aromatic carbocycles. The summed E-state index contributed by atoms with van der Waals surface area (Å²) in [5.74, 6) is -0.475. The quantitative estimate of drug-likeness (QED) is 0.772. The molecule has 1 N–H and O–H groups in total. The third kappa shape index (κ3) is 2.74. The Bertz CT molecular complexity index is 575. The third-order valence-corrected chi connectivity index (χ3v) is 6.13. The van der Waals surface area contributed by atoms with Gasteiger partial charge in [-0.1, -0.05) is 0 Å². The zero-order chi connectivity index (χ0) is 17.7. The molecule has 0 bridgehead atoms. The van der Waals surface area contributed by atoms with Crippen molar-refractivity contribution in [2.75, 3.05) is 12.3 Å². The predicted octanol–water partition coefficient (Wildman–Crippen LogP) is 1.90. The summed E-state index contributed by atoms with van der Waals surface area (Å²) in [6.07, 6.45) is 1.76. The SMILES string of the molecule is CC(C)(C)OC(=O)N1CCCC12CC1SCCC(C(=O)O)N1C2=O. The van der Waals surface area contributed by atoms with Gasteiger partial charge >= 0.3 is 12.1 Å². The van der Waals surface area contributed by atoms with Crippen molar-refractivity contribution < 1.29 is 24.2 Å². The molecule has 3 heterocycles. The highest BCUT2D eigenvalue weighted by Crippen LogP contribution is 2.48. The lowest BCUT2D eigenvalue weighted by atomic mass is 9.94. The number of rotatable bonds is 1. The Balaban J connectivity index is 1.88. The molecule has 3 saturated heterocycles. The molecule has 1 spiro atoms. The van der Waals surface area contributed by atoms with E-state index in [0.717, 1.165) is 6.42 Å². The fraction of sp³-hybridized carbons (Fsp3) is 0.812. The molecule has 0 aromatic rings. The summed E-state index contributed by atoms with van der Waals surface area (Å²) in [7, 11) is 0. The minimum Gasteiger partial charge on any atom is -0.480 e. The molecule has 3 fully saturated rings. The van der Waals surface area contributed by atoms with Crippen LogP contribution in [0.5, 0.6) is 0 Å². The van der Waals surface area contributed by atoms with Crippen LogP contribution in [-0.2, 0) is 14.3 Å². The Morgan fingerprint density at radius 2 is 2.08 bits per heavy atom. The van der Waals surface area contributed by atoms with Gasteiger partial charge in [-0.2, -0.15) is 0 Å². The number of ether oxygens (including phenoxy) is 1. The normalized spacial score (nSPS) is 33.0. The molecule has 0 radical (unpaired) electrons. The first-order chi connectivity index (χ1) is 11.2. The van der Waals surface area contributed by atoms with Crippen LogP contribution in [0.3, 0.4) is 0 Å². The van der Waals surface area contributed by atoms with Gasteiger partial charge in [0, 0.05) is 13.0 Å². The van der Waals surface area contributed by atoms with E-state index < -0.39 is 29.2 Å². The number of amides is 2. The van der Waals surface area contributed by atoms with Crippen molar-refractivity contribution in [1.82, 2.24) is 9.80 Å². The summed E-state index contributed by atoms with van der Waals surface area (Å²) in [5.41, 5.74) is -1.56. The molecule has 3 aliphatic heterocycles. The lowest BCUT2D eigenvalue weighted by Gasteiger charge is -2.36. The number of hydrogen-bond acceptors (Lipinski definition) is 5. The van der Waals surface area contributed by atoms with E-state index in [2.05, 4.69) is 0 Å². The monoisotopic (exact) mass is 356 g/mol. The number of likely N-dealkylation sites (tertiary alicyclic amines) is 1. The number of thioether (sulfide) groups is 1. The number of hydrogen-bond donors (Lipinski definition) is 1. The Morgan fingerprint density at radius 1 is 1.38 bits per heavy atom. The fourth-order valence-corrected chi connectivity index (χ4v) is 5.35. The number of aliphatic carboxylic acids is 1. The van der Waals surface area contributed by atoms with Crippen LogP contribution < -0.4 is 0 Å². The topological polar surface area (TPSA) is 87.2 Å². The van der Waals surface area contributed by atoms with Crippen LogP contribution in [0.1, 0.15) is 46.5 Å². The summed E-state index contributed by atoms with van der Waals surface area (Å²) in [6.45, 7) is 5.86. The zero-order valence-corrected chi connectivity index (χ0v) is 15.1. The summed E-state index contributed by atoms with van der Waals surface area (Å²) in [6, 6.07) is -0.788. The van der Waals surface area contributed by atoms with Crippen LogP contribution in [0.2, 0.25) is 0 Å². The van der Waals surface area contributed by atoms with Gasteiger partial charge in [0.25, 0.3) is 0 Å². The van der Waals surface area contributed by atoms with Gasteiger partial charge in [0.15, 0.2) is 0 Å². The lowest BCUT2D eigenvalue weighted by molar-refractivity contribution is -0.151. The molecule has 3 unspecified atom stereocenters. The Kier molecular flexibility index (Phi) is 4.22. The lowest BCUT2D eigenvalue weighted by Crippen LogP contribution is -2.56. The van der Waals surface area contributed by atoms with Gasteiger partial charge in [-0.3, -0.25) is 9.69 Å². The van der Waals surface area contributed by atoms with Crippen molar-refractivity contribution >= 4 is 29.7 Å². The minimum atomic E-state index is -0.965. The van der Waals surface area contributed by atoms with Gasteiger partial charge in [-0.15, -0.1) is 11.8 Å². The summed E-state index contributed by atoms with van der Waals surface area (Å²) in [4.78, 5) is 40.3. The summed E-state index contributed by atoms with van der Waals surface area (Å²) in [5, 5.41) is 9.28. The van der Waals surface area contributed by atoms with E-state index in [0.29, 0.717) is 31.6 Å². The highest BCUT2D eigenvalue weighted by molar-refractivity contribution is 7.99. The van der Waals surface area contributed by atoms with Gasteiger partial charge in [0.1, 0.15) is 17.2 Å². The van der Waals surface area contributed by atoms with E-state index in [4.69, 9.17) is 4.74 Å². The van der Waals surface area contributed by atoms with Crippen LogP contribution in [0.4, 0.5) is 4.79 Å². The van der Waals surface area contributed by atoms with E-state index in [1.54, 1.807) is 37.4 Å². The maximum Gasteiger partial charge on any atom is 0.411 e. The van der Waals surface area contributed by atoms with Crippen molar-refractivity contribution in [3.63, 3.8) is 0 Å². The zero-order valence-electron chi connectivity index (χ0n) is 14.3. The fourth-order valence-electron chi connectivity index (χ4n) is 3.92. The van der Waals surface area contributed by atoms with E-state index in [1.807, 2.05) is 0 Å². The first kappa shape index (κ1) is 17.4. The smallest absolute Gasteiger partial charge is 0.411 e. The van der Waals surface area contributed by atoms with Crippen molar-refractivity contribution in [3.8, 4) is 0 Å². The van der Waals surface area contributed by atoms with Crippen LogP contribution >= 0.6 is 11.8 Å². The van der Waals surface area contributed by atoms with Crippen molar-refractivity contribution in [2.24, 2.45) is 0 Å². The summed E-state index contributed by atoms with van der Waals surface area (Å²) < 4.78 is 5.48. The molecule has 3 aliphatic rings. The van der Waals surface area contributed by atoms with E-state index in [-0.39, 0.29) is 11.3 Å². The number of fused-ring (bicyclic) bond motifs is 1. The van der Waals surface area contributed by atoms with E-state index in [1.165, 1.54) is 4.90 Å². The second-order valence-electron chi connectivity index (χ2n) is 7.65. The molecule has 0 aromatic heterocycles. The van der Waals surface area contributed by atoms with Gasteiger partial charge in [0.05, 0.1) is 5.37 Å². The average molecular weight is 356 g/mol. The maximum absolute atomic E-state index is 13.2. The van der Waals surface area contributed by atoms with E-state index >= 15 is 0 Å². The Labute approximate surface area is 145 Å². The first-order valence-electron chi connectivity index (χ1n) is 8.33. The molecule has 2 amide bonds. The van der Waals surface area contributed by atoms with Gasteiger partial charge < -0.3 is 14.7 Å². The molecule has 134 valence electrons. The van der Waals surface area contributed by atoms with Crippen molar-refractivity contribution in [2.45, 2.75) is 69.0 Å². The Morgan fingerprint density at radius 3 is 2.71 bits per heavy atom. The highest BCUT2D eigenvalue weighted by Gasteiger charge is 2.62. The van der Waals surface area contributed by atoms with Crippen molar-refractivity contribution in [3.05, 3.63) is 0 Å². The number of carboxylic acids is 1. The summed E-state index contributed by atoms with van der Waals surface area (Å²) >= 11 is 1.61. The molecule has 3 atom stereocenters. The van der Waals surface area contributed by atoms with Crippen LogP contribution in [-0.4, -0.2) is 67.7 Å². The molecular formula is C16H24N2O5S. The van der Waals surface area contributed by atoms with Gasteiger partial charge in [-0.25, -0.2) is 9.59 Å². The van der Waals surface area contributed by atoms with Crippen LogP contribution in [0.15, 0.2) is 0 Å². The molecule has 24 heavy (non-hydrogen) atoms. The molecule has 0 aliphatic carbocycles. The molecule has 8 heteroatoms. The second kappa shape index (κ2) is 5.82. The largest absolute Gasteiger partial charge is 0.480 e. The van der Waals surface area contributed by atoms with Crippen LogP contribution in [0, 0.1) is 0 Å². The third-order valence-electron chi connectivity index (χ3n) is 4.88. The molecule has 3 rings (SSSR count). The number of carbonyl (C=O) groups excluding carboxylic acids is 2. The molecule has 7 nitrogen and oxygen atoms in total. The number of carboxylic acid groups (broad SMARTS) is 1. The Hall–Kier alpha value is -1.44. The first-order valence-corrected chi connectivity index (χ1v) is 9.38. The van der Waals surface area contributed by atoms with Gasteiger partial charge in [0.2, 0.25) is 5.91 Å². The number of carbonyl (C=O) groups is 3. The molecule has 0 saturated carbocycles. The van der Waals surface area contributed by atoms with Crippen molar-refractivity contribution in [1.29, 1.82) is 0 Å². The minimum absolute atomic E-state index is 0.171. The molecular weight excluding hydrogens is 332 g/mol. The van der Waals surface area contributed by atoms with Crippen LogP contribution in [0.25, 0.3) is 0 Å². The maximum atomic E-state index is 13.2. The highest BCUT2D eigenvalue weighted by atomic mass is 32.2.